The third-order valence-electron chi connectivity index (χ3n) is 5.69. The van der Waals surface area contributed by atoms with E-state index in [1.54, 1.807) is 19.2 Å². The van der Waals surface area contributed by atoms with Crippen molar-refractivity contribution in [2.75, 3.05) is 33.4 Å². The molecule has 0 unspecified atom stereocenters. The fraction of sp³-hybridized carbons (Fsp3) is 0.308. The van der Waals surface area contributed by atoms with Crippen molar-refractivity contribution in [2.45, 2.75) is 19.4 Å². The number of nitrogens with one attached hydrogen (secondary N) is 1. The predicted molar refractivity (Wildman–Crippen MR) is 123 cm³/mol. The number of rotatable bonds is 8. The normalized spacial score (nSPS) is 15.1. The Hall–Kier alpha value is -3.58. The van der Waals surface area contributed by atoms with Crippen molar-refractivity contribution in [2.24, 2.45) is 0 Å². The molecule has 7 nitrogen and oxygen atoms in total. The molecule has 7 heteroatoms. The Morgan fingerprint density at radius 1 is 1.15 bits per heavy atom. The molecule has 1 N–H and O–H groups in total. The first kappa shape index (κ1) is 22.6. The molecule has 1 aliphatic rings. The van der Waals surface area contributed by atoms with Gasteiger partial charge in [0, 0.05) is 20.2 Å². The molecule has 0 radical (unpaired) electrons. The Balaban J connectivity index is 1.63. The SMILES string of the molecule is COCCNC(=O)COc1ccc2c(c1)[C@H](c1cccc(C)c1)N(C(=O)c1ccco1)CC2. The molecule has 1 aliphatic heterocycles. The highest BCUT2D eigenvalue weighted by atomic mass is 16.5. The third kappa shape index (κ3) is 5.26. The van der Waals surface area contributed by atoms with Crippen LogP contribution in [0.15, 0.2) is 65.3 Å². The quantitative estimate of drug-likeness (QED) is 0.534. The van der Waals surface area contributed by atoms with E-state index in [0.717, 1.165) is 28.7 Å². The second-order valence-corrected chi connectivity index (χ2v) is 8.03. The molecule has 0 saturated heterocycles. The van der Waals surface area contributed by atoms with Crippen LogP contribution in [0.5, 0.6) is 5.75 Å². The standard InChI is InChI=1S/C26H28N2O5/c1-18-5-3-6-20(15-18)25-22-16-21(33-17-24(29)27-11-14-31-2)9-8-19(22)10-12-28(25)26(30)23-7-4-13-32-23/h3-9,13,15-16,25H,10-12,14,17H2,1-2H3,(H,27,29)/t25-/m0/s1. The number of ether oxygens (including phenoxy) is 2. The highest BCUT2D eigenvalue weighted by Crippen LogP contribution is 2.38. The molecule has 2 amide bonds. The lowest BCUT2D eigenvalue weighted by Crippen LogP contribution is -2.40. The van der Waals surface area contributed by atoms with Gasteiger partial charge in [-0.05, 0) is 54.3 Å². The molecule has 33 heavy (non-hydrogen) atoms. The first-order valence-corrected chi connectivity index (χ1v) is 11.0. The molecule has 1 aromatic heterocycles. The van der Waals surface area contributed by atoms with E-state index in [-0.39, 0.29) is 24.5 Å². The summed E-state index contributed by atoms with van der Waals surface area (Å²) in [6, 6.07) is 17.1. The van der Waals surface area contributed by atoms with Gasteiger partial charge in [-0.25, -0.2) is 0 Å². The van der Waals surface area contributed by atoms with E-state index >= 15 is 0 Å². The molecule has 0 spiro atoms. The van der Waals surface area contributed by atoms with Crippen molar-refractivity contribution in [3.63, 3.8) is 0 Å². The van der Waals surface area contributed by atoms with E-state index < -0.39 is 0 Å². The van der Waals surface area contributed by atoms with Crippen LogP contribution >= 0.6 is 0 Å². The van der Waals surface area contributed by atoms with Crippen molar-refractivity contribution in [3.8, 4) is 5.75 Å². The summed E-state index contributed by atoms with van der Waals surface area (Å²) in [6.45, 7) is 3.40. The Morgan fingerprint density at radius 3 is 2.79 bits per heavy atom. The predicted octanol–water partition coefficient (Wildman–Crippen LogP) is 3.52. The van der Waals surface area contributed by atoms with E-state index in [2.05, 4.69) is 11.4 Å². The van der Waals surface area contributed by atoms with E-state index in [9.17, 15) is 9.59 Å². The minimum absolute atomic E-state index is 0.0906. The molecule has 172 valence electrons. The Bertz CT molecular complexity index is 1110. The highest BCUT2D eigenvalue weighted by Gasteiger charge is 2.34. The van der Waals surface area contributed by atoms with E-state index in [1.165, 1.54) is 6.26 Å². The van der Waals surface area contributed by atoms with Crippen LogP contribution < -0.4 is 10.1 Å². The maximum Gasteiger partial charge on any atom is 0.290 e. The number of amides is 2. The minimum atomic E-state index is -0.287. The summed E-state index contributed by atoms with van der Waals surface area (Å²) >= 11 is 0. The number of fused-ring (bicyclic) bond motifs is 1. The molecule has 0 fully saturated rings. The third-order valence-corrected chi connectivity index (χ3v) is 5.69. The average Bonchev–Trinajstić information content (AvgIpc) is 3.36. The van der Waals surface area contributed by atoms with Crippen molar-refractivity contribution in [1.82, 2.24) is 10.2 Å². The number of nitrogens with zero attached hydrogens (tertiary/aromatic N) is 1. The van der Waals surface area contributed by atoms with Crippen molar-refractivity contribution >= 4 is 11.8 Å². The second-order valence-electron chi connectivity index (χ2n) is 8.03. The van der Waals surface area contributed by atoms with Crippen molar-refractivity contribution in [3.05, 3.63) is 88.9 Å². The van der Waals surface area contributed by atoms with Crippen LogP contribution in [0.2, 0.25) is 0 Å². The summed E-state index contributed by atoms with van der Waals surface area (Å²) in [5, 5.41) is 2.74. The molecular formula is C26H28N2O5. The van der Waals surface area contributed by atoms with Gasteiger partial charge in [0.25, 0.3) is 11.8 Å². The van der Waals surface area contributed by atoms with E-state index in [1.807, 2.05) is 48.2 Å². The van der Waals surface area contributed by atoms with Gasteiger partial charge in [-0.1, -0.05) is 35.9 Å². The summed E-state index contributed by atoms with van der Waals surface area (Å²) in [6.07, 6.45) is 2.23. The zero-order valence-electron chi connectivity index (χ0n) is 18.9. The molecule has 4 rings (SSSR count). The van der Waals surface area contributed by atoms with Crippen molar-refractivity contribution in [1.29, 1.82) is 0 Å². The van der Waals surface area contributed by atoms with Gasteiger partial charge in [0.05, 0.1) is 18.9 Å². The molecule has 2 heterocycles. The number of hydrogen-bond donors (Lipinski definition) is 1. The molecule has 1 atom stereocenters. The van der Waals surface area contributed by atoms with Crippen LogP contribution in [0.3, 0.4) is 0 Å². The van der Waals surface area contributed by atoms with Crippen LogP contribution in [0.1, 0.15) is 38.9 Å². The fourth-order valence-corrected chi connectivity index (χ4v) is 4.14. The number of aryl methyl sites for hydroxylation is 1. The second kappa shape index (κ2) is 10.4. The van der Waals surface area contributed by atoms with Crippen LogP contribution in [-0.4, -0.2) is 50.1 Å². The fourth-order valence-electron chi connectivity index (χ4n) is 4.14. The summed E-state index contributed by atoms with van der Waals surface area (Å²) in [4.78, 5) is 27.2. The first-order valence-electron chi connectivity index (χ1n) is 11.0. The zero-order valence-corrected chi connectivity index (χ0v) is 18.9. The van der Waals surface area contributed by atoms with Gasteiger partial charge in [0.1, 0.15) is 5.75 Å². The molecular weight excluding hydrogens is 420 g/mol. The number of carbonyl (C=O) groups is 2. The minimum Gasteiger partial charge on any atom is -0.484 e. The van der Waals surface area contributed by atoms with Gasteiger partial charge in [-0.3, -0.25) is 9.59 Å². The van der Waals surface area contributed by atoms with Gasteiger partial charge in [-0.2, -0.15) is 0 Å². The Kier molecular flexibility index (Phi) is 7.10. The van der Waals surface area contributed by atoms with Crippen LogP contribution in [-0.2, 0) is 16.0 Å². The topological polar surface area (TPSA) is 81.0 Å². The summed E-state index contributed by atoms with van der Waals surface area (Å²) in [7, 11) is 1.58. The summed E-state index contributed by atoms with van der Waals surface area (Å²) in [5.74, 6) is 0.535. The molecule has 2 aromatic carbocycles. The first-order chi connectivity index (χ1) is 16.1. The summed E-state index contributed by atoms with van der Waals surface area (Å²) in [5.41, 5.74) is 4.28. The maximum atomic E-state index is 13.3. The van der Waals surface area contributed by atoms with Gasteiger partial charge in [-0.15, -0.1) is 0 Å². The zero-order chi connectivity index (χ0) is 23.2. The number of hydrogen-bond acceptors (Lipinski definition) is 5. The van der Waals surface area contributed by atoms with Crippen LogP contribution in [0, 0.1) is 6.92 Å². The number of carbonyl (C=O) groups excluding carboxylic acids is 2. The number of methoxy groups -OCH3 is 1. The smallest absolute Gasteiger partial charge is 0.290 e. The molecule has 0 saturated carbocycles. The lowest BCUT2D eigenvalue weighted by Gasteiger charge is -2.37. The highest BCUT2D eigenvalue weighted by molar-refractivity contribution is 5.92. The van der Waals surface area contributed by atoms with Crippen LogP contribution in [0.4, 0.5) is 0 Å². The number of benzene rings is 2. The Morgan fingerprint density at radius 2 is 2.03 bits per heavy atom. The van der Waals surface area contributed by atoms with E-state index in [0.29, 0.717) is 31.2 Å². The largest absolute Gasteiger partial charge is 0.484 e. The lowest BCUT2D eigenvalue weighted by atomic mass is 9.87. The van der Waals surface area contributed by atoms with Crippen molar-refractivity contribution < 1.29 is 23.5 Å². The summed E-state index contributed by atoms with van der Waals surface area (Å²) < 4.78 is 16.1. The Labute approximate surface area is 193 Å². The average molecular weight is 449 g/mol. The van der Waals surface area contributed by atoms with Gasteiger partial charge in [0.2, 0.25) is 0 Å². The van der Waals surface area contributed by atoms with Gasteiger partial charge < -0.3 is 24.1 Å². The number of furan rings is 1. The molecule has 0 aliphatic carbocycles. The van der Waals surface area contributed by atoms with E-state index in [4.69, 9.17) is 13.9 Å². The van der Waals surface area contributed by atoms with Gasteiger partial charge >= 0.3 is 0 Å². The molecule has 3 aromatic rings. The molecule has 0 bridgehead atoms. The van der Waals surface area contributed by atoms with Gasteiger partial charge in [0.15, 0.2) is 12.4 Å². The lowest BCUT2D eigenvalue weighted by molar-refractivity contribution is -0.123. The maximum absolute atomic E-state index is 13.3. The monoisotopic (exact) mass is 448 g/mol. The van der Waals surface area contributed by atoms with Crippen LogP contribution in [0.25, 0.3) is 0 Å².